The van der Waals surface area contributed by atoms with E-state index >= 15 is 0 Å². The second-order valence-corrected chi connectivity index (χ2v) is 2.69. The fourth-order valence-corrected chi connectivity index (χ4v) is 1.28. The lowest BCUT2D eigenvalue weighted by molar-refractivity contribution is -0.141. The number of ether oxygens (including phenoxy) is 1. The van der Waals surface area contributed by atoms with Gasteiger partial charge in [0, 0.05) is 19.1 Å². The molecule has 0 spiro atoms. The van der Waals surface area contributed by atoms with Crippen molar-refractivity contribution in [3.8, 4) is 0 Å². The van der Waals surface area contributed by atoms with Crippen molar-refractivity contribution in [1.82, 2.24) is 0 Å². The Morgan fingerprint density at radius 1 is 1.55 bits per heavy atom. The van der Waals surface area contributed by atoms with Crippen molar-refractivity contribution in [1.29, 1.82) is 0 Å². The minimum Gasteiger partial charge on any atom is -0.465 e. The first-order valence-electron chi connectivity index (χ1n) is 3.68. The maximum atomic E-state index is 10.9. The highest BCUT2D eigenvalue weighted by Crippen LogP contribution is 2.24. The largest absolute Gasteiger partial charge is 0.465 e. The molecule has 0 bridgehead atoms. The van der Waals surface area contributed by atoms with Gasteiger partial charge in [-0.3, -0.25) is 4.79 Å². The predicted molar refractivity (Wildman–Crippen MR) is 36.7 cm³/mol. The van der Waals surface area contributed by atoms with Gasteiger partial charge in [0.1, 0.15) is 0 Å². The summed E-state index contributed by atoms with van der Waals surface area (Å²) in [5.41, 5.74) is 0. The molecular weight excluding hydrogens is 148 g/mol. The van der Waals surface area contributed by atoms with Crippen molar-refractivity contribution >= 4 is 5.97 Å². The van der Waals surface area contributed by atoms with E-state index in [-0.39, 0.29) is 31.0 Å². The highest BCUT2D eigenvalue weighted by molar-refractivity contribution is 5.74. The molecule has 0 amide bonds. The lowest BCUT2D eigenvalue weighted by Gasteiger charge is -2.09. The molecule has 1 heterocycles. The first-order chi connectivity index (χ1) is 5.29. The molecule has 0 saturated carbocycles. The molecule has 0 aromatic rings. The zero-order valence-electron chi connectivity index (χ0n) is 6.19. The fourth-order valence-electron chi connectivity index (χ4n) is 1.28. The molecule has 1 fully saturated rings. The van der Waals surface area contributed by atoms with E-state index in [1.807, 2.05) is 0 Å². The molecule has 0 aromatic carbocycles. The molecule has 2 N–H and O–H groups in total. The normalized spacial score (nSPS) is 30.5. The van der Waals surface area contributed by atoms with E-state index in [0.29, 0.717) is 13.0 Å². The topological polar surface area (TPSA) is 66.8 Å². The Kier molecular flexibility index (Phi) is 2.84. The van der Waals surface area contributed by atoms with Crippen LogP contribution in [0.1, 0.15) is 6.42 Å². The standard InChI is InChI=1S/C7H12O4/c8-2-1-6-5(3-9)4-11-7(6)10/h5-6,8-9H,1-4H2. The third kappa shape index (κ3) is 1.70. The summed E-state index contributed by atoms with van der Waals surface area (Å²) < 4.78 is 4.71. The minimum absolute atomic E-state index is 0.0315. The van der Waals surface area contributed by atoms with Gasteiger partial charge in [-0.1, -0.05) is 0 Å². The van der Waals surface area contributed by atoms with E-state index in [0.717, 1.165) is 0 Å². The van der Waals surface area contributed by atoms with Gasteiger partial charge in [0.2, 0.25) is 0 Å². The predicted octanol–water partition coefficient (Wildman–Crippen LogP) is -0.850. The van der Waals surface area contributed by atoms with Crippen LogP contribution < -0.4 is 0 Å². The highest BCUT2D eigenvalue weighted by atomic mass is 16.5. The number of rotatable bonds is 3. The highest BCUT2D eigenvalue weighted by Gasteiger charge is 2.35. The van der Waals surface area contributed by atoms with Crippen molar-refractivity contribution in [2.75, 3.05) is 19.8 Å². The molecule has 1 rings (SSSR count). The van der Waals surface area contributed by atoms with E-state index in [4.69, 9.17) is 14.9 Å². The van der Waals surface area contributed by atoms with Crippen molar-refractivity contribution in [3.05, 3.63) is 0 Å². The Bertz CT molecular complexity index is 145. The first-order valence-corrected chi connectivity index (χ1v) is 3.68. The van der Waals surface area contributed by atoms with E-state index in [2.05, 4.69) is 0 Å². The smallest absolute Gasteiger partial charge is 0.309 e. The van der Waals surface area contributed by atoms with Crippen LogP contribution in [0.2, 0.25) is 0 Å². The number of hydrogen-bond acceptors (Lipinski definition) is 4. The third-order valence-corrected chi connectivity index (χ3v) is 1.99. The second-order valence-electron chi connectivity index (χ2n) is 2.69. The van der Waals surface area contributed by atoms with Gasteiger partial charge in [0.05, 0.1) is 12.5 Å². The van der Waals surface area contributed by atoms with Gasteiger partial charge in [0.15, 0.2) is 0 Å². The van der Waals surface area contributed by atoms with Crippen LogP contribution in [-0.4, -0.2) is 36.0 Å². The van der Waals surface area contributed by atoms with E-state index in [1.165, 1.54) is 0 Å². The second kappa shape index (κ2) is 3.69. The first kappa shape index (κ1) is 8.49. The summed E-state index contributed by atoms with van der Waals surface area (Å²) in [6.45, 7) is 0.215. The molecule has 0 aliphatic carbocycles. The van der Waals surface area contributed by atoms with Crippen LogP contribution in [0.15, 0.2) is 0 Å². The van der Waals surface area contributed by atoms with Crippen LogP contribution in [-0.2, 0) is 9.53 Å². The van der Waals surface area contributed by atoms with Crippen molar-refractivity contribution in [3.63, 3.8) is 0 Å². The zero-order valence-corrected chi connectivity index (χ0v) is 6.19. The van der Waals surface area contributed by atoms with Crippen LogP contribution in [0.5, 0.6) is 0 Å². The van der Waals surface area contributed by atoms with Gasteiger partial charge in [-0.05, 0) is 6.42 Å². The molecule has 0 aromatic heterocycles. The van der Waals surface area contributed by atoms with Crippen LogP contribution in [0.4, 0.5) is 0 Å². The van der Waals surface area contributed by atoms with Crippen molar-refractivity contribution < 1.29 is 19.7 Å². The van der Waals surface area contributed by atoms with E-state index in [1.54, 1.807) is 0 Å². The quantitative estimate of drug-likeness (QED) is 0.528. The summed E-state index contributed by atoms with van der Waals surface area (Å²) in [6.07, 6.45) is 0.393. The number of esters is 1. The number of aliphatic hydroxyl groups excluding tert-OH is 2. The average Bonchev–Trinajstić information content (AvgIpc) is 2.34. The molecule has 2 atom stereocenters. The van der Waals surface area contributed by atoms with Gasteiger partial charge in [0.25, 0.3) is 0 Å². The van der Waals surface area contributed by atoms with Gasteiger partial charge in [-0.2, -0.15) is 0 Å². The molecule has 4 nitrogen and oxygen atoms in total. The average molecular weight is 160 g/mol. The number of carbonyl (C=O) groups is 1. The molecular formula is C7H12O4. The van der Waals surface area contributed by atoms with Gasteiger partial charge < -0.3 is 14.9 Å². The maximum absolute atomic E-state index is 10.9. The lowest BCUT2D eigenvalue weighted by atomic mass is 9.93. The van der Waals surface area contributed by atoms with Crippen LogP contribution in [0.3, 0.4) is 0 Å². The van der Waals surface area contributed by atoms with E-state index < -0.39 is 0 Å². The van der Waals surface area contributed by atoms with Gasteiger partial charge >= 0.3 is 5.97 Å². The fraction of sp³-hybridized carbons (Fsp3) is 0.857. The Labute approximate surface area is 64.8 Å². The molecule has 2 unspecified atom stereocenters. The summed E-state index contributed by atoms with van der Waals surface area (Å²) in [6, 6.07) is 0. The lowest BCUT2D eigenvalue weighted by Crippen LogP contribution is -2.20. The van der Waals surface area contributed by atoms with Crippen molar-refractivity contribution in [2.45, 2.75) is 6.42 Å². The number of aliphatic hydroxyl groups is 2. The maximum Gasteiger partial charge on any atom is 0.309 e. The van der Waals surface area contributed by atoms with E-state index in [9.17, 15) is 4.79 Å². The summed E-state index contributed by atoms with van der Waals surface area (Å²) >= 11 is 0. The minimum atomic E-state index is -0.301. The van der Waals surface area contributed by atoms with Crippen LogP contribution >= 0.6 is 0 Å². The summed E-state index contributed by atoms with van der Waals surface area (Å²) in [7, 11) is 0. The zero-order chi connectivity index (χ0) is 8.27. The van der Waals surface area contributed by atoms with Gasteiger partial charge in [-0.25, -0.2) is 0 Å². The monoisotopic (exact) mass is 160 g/mol. The third-order valence-electron chi connectivity index (χ3n) is 1.99. The Hall–Kier alpha value is -0.610. The molecule has 64 valence electrons. The molecule has 4 heteroatoms. The van der Waals surface area contributed by atoms with Crippen molar-refractivity contribution in [2.24, 2.45) is 11.8 Å². The van der Waals surface area contributed by atoms with Gasteiger partial charge in [-0.15, -0.1) is 0 Å². The summed E-state index contributed by atoms with van der Waals surface area (Å²) in [4.78, 5) is 10.9. The Morgan fingerprint density at radius 2 is 2.27 bits per heavy atom. The Morgan fingerprint density at radius 3 is 2.82 bits per heavy atom. The molecule has 1 saturated heterocycles. The molecule has 1 aliphatic rings. The number of carbonyl (C=O) groups excluding carboxylic acids is 1. The molecule has 1 aliphatic heterocycles. The molecule has 0 radical (unpaired) electrons. The Balaban J connectivity index is 2.49. The number of cyclic esters (lactones) is 1. The van der Waals surface area contributed by atoms with Crippen LogP contribution in [0.25, 0.3) is 0 Å². The SMILES string of the molecule is O=C1OCC(CO)C1CCO. The number of hydrogen-bond donors (Lipinski definition) is 2. The molecule has 11 heavy (non-hydrogen) atoms. The summed E-state index contributed by atoms with van der Waals surface area (Å²) in [5.74, 6) is -0.710. The van der Waals surface area contributed by atoms with Crippen LogP contribution in [0, 0.1) is 11.8 Å². The summed E-state index contributed by atoms with van der Waals surface area (Å²) in [5, 5.41) is 17.3.